The van der Waals surface area contributed by atoms with Crippen LogP contribution >= 0.6 is 0 Å². The predicted octanol–water partition coefficient (Wildman–Crippen LogP) is 2.05. The van der Waals surface area contributed by atoms with Crippen molar-refractivity contribution in [2.75, 3.05) is 13.2 Å². The molecule has 1 aliphatic heterocycles. The minimum atomic E-state index is -0.189. The predicted molar refractivity (Wildman–Crippen MR) is 51.2 cm³/mol. The van der Waals surface area contributed by atoms with Gasteiger partial charge in [-0.1, -0.05) is 30.9 Å². The van der Waals surface area contributed by atoms with E-state index in [-0.39, 0.29) is 11.7 Å². The first-order chi connectivity index (χ1) is 6.23. The molecule has 1 heterocycles. The Hall–Kier alpha value is -0.860. The summed E-state index contributed by atoms with van der Waals surface area (Å²) >= 11 is 0. The van der Waals surface area contributed by atoms with Crippen LogP contribution in [0.4, 0.5) is 0 Å². The molecule has 13 heavy (non-hydrogen) atoms. The van der Waals surface area contributed by atoms with Crippen LogP contribution in [0.2, 0.25) is 0 Å². The van der Waals surface area contributed by atoms with E-state index in [1.807, 2.05) is 18.2 Å². The number of allylic oxidation sites excluding steroid dienone is 3. The summed E-state index contributed by atoms with van der Waals surface area (Å²) in [4.78, 5) is 0. The van der Waals surface area contributed by atoms with Gasteiger partial charge in [0.2, 0.25) is 0 Å². The maximum Gasteiger partial charge on any atom is 0.170 e. The van der Waals surface area contributed by atoms with Gasteiger partial charge in [-0.25, -0.2) is 0 Å². The Bertz CT molecular complexity index is 272. The van der Waals surface area contributed by atoms with Gasteiger partial charge in [0.15, 0.2) is 6.29 Å². The molecule has 0 saturated carbocycles. The van der Waals surface area contributed by atoms with Crippen LogP contribution in [0.1, 0.15) is 6.92 Å². The zero-order chi connectivity index (χ0) is 9.31. The van der Waals surface area contributed by atoms with Crippen molar-refractivity contribution in [1.82, 2.24) is 0 Å². The highest BCUT2D eigenvalue weighted by atomic mass is 16.7. The topological polar surface area (TPSA) is 18.5 Å². The number of hydrogen-bond donors (Lipinski definition) is 0. The highest BCUT2D eigenvalue weighted by Crippen LogP contribution is 2.38. The smallest absolute Gasteiger partial charge is 0.170 e. The highest BCUT2D eigenvalue weighted by Gasteiger charge is 2.38. The molecule has 1 saturated heterocycles. The third-order valence-corrected chi connectivity index (χ3v) is 2.65. The van der Waals surface area contributed by atoms with Gasteiger partial charge in [-0.3, -0.25) is 0 Å². The van der Waals surface area contributed by atoms with Gasteiger partial charge >= 0.3 is 0 Å². The van der Waals surface area contributed by atoms with Crippen LogP contribution in [0.15, 0.2) is 36.5 Å². The third-order valence-electron chi connectivity index (χ3n) is 2.65. The molecule has 0 bridgehead atoms. The van der Waals surface area contributed by atoms with Gasteiger partial charge in [0, 0.05) is 0 Å². The zero-order valence-corrected chi connectivity index (χ0v) is 7.82. The lowest BCUT2D eigenvalue weighted by Gasteiger charge is -2.33. The molecule has 0 spiro atoms. The second-order valence-corrected chi connectivity index (χ2v) is 3.60. The first-order valence-corrected chi connectivity index (χ1v) is 4.52. The van der Waals surface area contributed by atoms with E-state index in [2.05, 4.69) is 19.6 Å². The summed E-state index contributed by atoms with van der Waals surface area (Å²) in [7, 11) is 0. The van der Waals surface area contributed by atoms with E-state index in [1.54, 1.807) is 0 Å². The van der Waals surface area contributed by atoms with E-state index in [0.717, 1.165) is 5.57 Å². The lowest BCUT2D eigenvalue weighted by atomic mass is 9.79. The average Bonchev–Trinajstić information content (AvgIpc) is 2.63. The van der Waals surface area contributed by atoms with Crippen LogP contribution in [-0.2, 0) is 9.47 Å². The summed E-state index contributed by atoms with van der Waals surface area (Å²) < 4.78 is 11.0. The Labute approximate surface area is 78.5 Å². The van der Waals surface area contributed by atoms with E-state index in [9.17, 15) is 0 Å². The van der Waals surface area contributed by atoms with E-state index >= 15 is 0 Å². The summed E-state index contributed by atoms with van der Waals surface area (Å²) in [5, 5.41) is 0. The van der Waals surface area contributed by atoms with Crippen molar-refractivity contribution in [2.24, 2.45) is 5.41 Å². The summed E-state index contributed by atoms with van der Waals surface area (Å²) in [6, 6.07) is 0. The molecule has 1 aliphatic carbocycles. The largest absolute Gasteiger partial charge is 0.349 e. The molecule has 2 aliphatic rings. The quantitative estimate of drug-likeness (QED) is 0.611. The fourth-order valence-corrected chi connectivity index (χ4v) is 1.65. The number of ether oxygens (including phenoxy) is 2. The number of rotatable bonds is 1. The minimum absolute atomic E-state index is 0.166. The molecule has 0 N–H and O–H groups in total. The van der Waals surface area contributed by atoms with Crippen LogP contribution in [-0.4, -0.2) is 19.5 Å². The van der Waals surface area contributed by atoms with Crippen molar-refractivity contribution in [3.05, 3.63) is 36.5 Å². The Morgan fingerprint density at radius 3 is 2.69 bits per heavy atom. The van der Waals surface area contributed by atoms with Gasteiger partial charge in [0.25, 0.3) is 0 Å². The SMILES string of the molecule is C=C1C=CC=CC1(C)C1OCCO1. The molecule has 0 aromatic heterocycles. The molecule has 2 nitrogen and oxygen atoms in total. The van der Waals surface area contributed by atoms with Crippen LogP contribution in [0.25, 0.3) is 0 Å². The standard InChI is InChI=1S/C11H14O2/c1-9-5-3-4-6-11(9,2)10-12-7-8-13-10/h3-6,10H,1,7-8H2,2H3. The van der Waals surface area contributed by atoms with Crippen molar-refractivity contribution in [3.8, 4) is 0 Å². The zero-order valence-electron chi connectivity index (χ0n) is 7.82. The molecule has 0 aromatic rings. The summed E-state index contributed by atoms with van der Waals surface area (Å²) in [5.74, 6) is 0. The molecule has 1 unspecified atom stereocenters. The van der Waals surface area contributed by atoms with Gasteiger partial charge in [-0.15, -0.1) is 0 Å². The molecule has 0 amide bonds. The van der Waals surface area contributed by atoms with Gasteiger partial charge in [-0.2, -0.15) is 0 Å². The van der Waals surface area contributed by atoms with E-state index < -0.39 is 0 Å². The first-order valence-electron chi connectivity index (χ1n) is 4.52. The van der Waals surface area contributed by atoms with Crippen molar-refractivity contribution < 1.29 is 9.47 Å². The molecule has 0 radical (unpaired) electrons. The Morgan fingerprint density at radius 1 is 1.38 bits per heavy atom. The van der Waals surface area contributed by atoms with Gasteiger partial charge in [0.1, 0.15) is 0 Å². The molecule has 2 heteroatoms. The van der Waals surface area contributed by atoms with Crippen molar-refractivity contribution in [3.63, 3.8) is 0 Å². The average molecular weight is 178 g/mol. The van der Waals surface area contributed by atoms with Crippen LogP contribution in [0.3, 0.4) is 0 Å². The normalized spacial score (nSPS) is 34.4. The Morgan fingerprint density at radius 2 is 2.08 bits per heavy atom. The van der Waals surface area contributed by atoms with Crippen molar-refractivity contribution >= 4 is 0 Å². The maximum atomic E-state index is 5.50. The van der Waals surface area contributed by atoms with E-state index in [4.69, 9.17) is 9.47 Å². The molecular formula is C11H14O2. The Balaban J connectivity index is 2.23. The van der Waals surface area contributed by atoms with Crippen LogP contribution < -0.4 is 0 Å². The lowest BCUT2D eigenvalue weighted by Crippen LogP contribution is -2.33. The monoisotopic (exact) mass is 178 g/mol. The summed E-state index contributed by atoms with van der Waals surface area (Å²) in [5.41, 5.74) is 0.854. The maximum absolute atomic E-state index is 5.50. The summed E-state index contributed by atoms with van der Waals surface area (Å²) in [6.45, 7) is 7.47. The van der Waals surface area contributed by atoms with Crippen LogP contribution in [0, 0.1) is 5.41 Å². The second-order valence-electron chi connectivity index (χ2n) is 3.60. The molecule has 2 rings (SSSR count). The Kier molecular flexibility index (Phi) is 2.10. The van der Waals surface area contributed by atoms with Gasteiger partial charge in [-0.05, 0) is 12.5 Å². The molecule has 1 fully saturated rings. The van der Waals surface area contributed by atoms with Crippen molar-refractivity contribution in [1.29, 1.82) is 0 Å². The fraction of sp³-hybridized carbons (Fsp3) is 0.455. The fourth-order valence-electron chi connectivity index (χ4n) is 1.65. The van der Waals surface area contributed by atoms with E-state index in [0.29, 0.717) is 13.2 Å². The second kappa shape index (κ2) is 3.13. The molecular weight excluding hydrogens is 164 g/mol. The highest BCUT2D eigenvalue weighted by molar-refractivity contribution is 5.36. The first kappa shape index (κ1) is 8.73. The summed E-state index contributed by atoms with van der Waals surface area (Å²) in [6.07, 6.45) is 7.93. The third kappa shape index (κ3) is 1.36. The van der Waals surface area contributed by atoms with Crippen molar-refractivity contribution in [2.45, 2.75) is 13.2 Å². The molecule has 1 atom stereocenters. The molecule has 70 valence electrons. The lowest BCUT2D eigenvalue weighted by molar-refractivity contribution is -0.0936. The minimum Gasteiger partial charge on any atom is -0.349 e. The van der Waals surface area contributed by atoms with Crippen LogP contribution in [0.5, 0.6) is 0 Å². The molecule has 0 aromatic carbocycles. The van der Waals surface area contributed by atoms with E-state index in [1.165, 1.54) is 0 Å². The van der Waals surface area contributed by atoms with Gasteiger partial charge < -0.3 is 9.47 Å². The van der Waals surface area contributed by atoms with Gasteiger partial charge in [0.05, 0.1) is 18.6 Å². The number of hydrogen-bond acceptors (Lipinski definition) is 2.